The zero-order valence-electron chi connectivity index (χ0n) is 9.59. The van der Waals surface area contributed by atoms with E-state index in [1.165, 1.54) is 6.07 Å². The zero-order chi connectivity index (χ0) is 13.1. The normalized spacial score (nSPS) is 10.1. The van der Waals surface area contributed by atoms with Crippen LogP contribution in [0.3, 0.4) is 0 Å². The van der Waals surface area contributed by atoms with Crippen molar-refractivity contribution in [1.29, 1.82) is 0 Å². The average molecular weight is 264 g/mol. The maximum Gasteiger partial charge on any atom is 0.311 e. The van der Waals surface area contributed by atoms with Crippen molar-refractivity contribution >= 4 is 17.3 Å². The van der Waals surface area contributed by atoms with E-state index < -0.39 is 4.92 Å². The number of hydrogen-bond donors (Lipinski definition) is 0. The van der Waals surface area contributed by atoms with Crippen LogP contribution in [0.15, 0.2) is 42.5 Å². The van der Waals surface area contributed by atoms with E-state index in [1.807, 2.05) is 6.92 Å². The molecule has 92 valence electrons. The summed E-state index contributed by atoms with van der Waals surface area (Å²) >= 11 is 5.84. The molecule has 2 aromatic carbocycles. The second kappa shape index (κ2) is 5.06. The molecule has 4 nitrogen and oxygen atoms in total. The van der Waals surface area contributed by atoms with Crippen molar-refractivity contribution in [2.75, 3.05) is 0 Å². The monoisotopic (exact) mass is 263 g/mol. The van der Waals surface area contributed by atoms with Gasteiger partial charge in [0, 0.05) is 11.1 Å². The molecule has 2 aromatic rings. The molecule has 0 amide bonds. The molecule has 5 heteroatoms. The highest BCUT2D eigenvalue weighted by molar-refractivity contribution is 6.30. The van der Waals surface area contributed by atoms with Gasteiger partial charge in [0.2, 0.25) is 5.75 Å². The third-order valence-electron chi connectivity index (χ3n) is 2.42. The van der Waals surface area contributed by atoms with Crippen molar-refractivity contribution < 1.29 is 9.66 Å². The summed E-state index contributed by atoms with van der Waals surface area (Å²) in [5.74, 6) is 0.765. The summed E-state index contributed by atoms with van der Waals surface area (Å²) in [6.07, 6.45) is 0. The average Bonchev–Trinajstić information content (AvgIpc) is 2.33. The number of ether oxygens (including phenoxy) is 1. The van der Waals surface area contributed by atoms with Crippen LogP contribution in [-0.4, -0.2) is 4.92 Å². The fourth-order valence-corrected chi connectivity index (χ4v) is 1.77. The van der Waals surface area contributed by atoms with Crippen molar-refractivity contribution in [1.82, 2.24) is 0 Å². The zero-order valence-corrected chi connectivity index (χ0v) is 10.3. The summed E-state index contributed by atoms with van der Waals surface area (Å²) in [6, 6.07) is 11.4. The van der Waals surface area contributed by atoms with E-state index in [2.05, 4.69) is 0 Å². The molecule has 0 aliphatic carbocycles. The number of hydrogen-bond acceptors (Lipinski definition) is 3. The van der Waals surface area contributed by atoms with Crippen LogP contribution in [0, 0.1) is 17.0 Å². The lowest BCUT2D eigenvalue weighted by Gasteiger charge is -2.08. The standard InChI is InChI=1S/C13H10ClNO3/c1-9-8-10(14)6-7-12(9)18-13-5-3-2-4-11(13)15(16)17/h2-8H,1H3. The largest absolute Gasteiger partial charge is 0.450 e. The van der Waals surface area contributed by atoms with Gasteiger partial charge in [-0.1, -0.05) is 23.7 Å². The Hall–Kier alpha value is -2.07. The molecule has 2 rings (SSSR count). The molecular weight excluding hydrogens is 254 g/mol. The van der Waals surface area contributed by atoms with Crippen molar-refractivity contribution in [3.05, 3.63) is 63.2 Å². The van der Waals surface area contributed by atoms with Crippen LogP contribution in [0.4, 0.5) is 5.69 Å². The van der Waals surface area contributed by atoms with Gasteiger partial charge in [0.05, 0.1) is 4.92 Å². The summed E-state index contributed by atoms with van der Waals surface area (Å²) in [6.45, 7) is 1.83. The molecule has 0 fully saturated rings. The van der Waals surface area contributed by atoms with Crippen LogP contribution in [0.1, 0.15) is 5.56 Å². The highest BCUT2D eigenvalue weighted by Gasteiger charge is 2.15. The van der Waals surface area contributed by atoms with Crippen LogP contribution in [-0.2, 0) is 0 Å². The quantitative estimate of drug-likeness (QED) is 0.611. The number of aryl methyl sites for hydroxylation is 1. The molecule has 0 atom stereocenters. The number of rotatable bonds is 3. The highest BCUT2D eigenvalue weighted by atomic mass is 35.5. The van der Waals surface area contributed by atoms with Crippen molar-refractivity contribution in [3.63, 3.8) is 0 Å². The molecule has 0 aliphatic heterocycles. The Morgan fingerprint density at radius 1 is 1.17 bits per heavy atom. The van der Waals surface area contributed by atoms with E-state index in [-0.39, 0.29) is 11.4 Å². The Morgan fingerprint density at radius 2 is 1.89 bits per heavy atom. The Labute approximate surface area is 109 Å². The van der Waals surface area contributed by atoms with Crippen LogP contribution in [0.5, 0.6) is 11.5 Å². The molecule has 0 aliphatic rings. The van der Waals surface area contributed by atoms with Gasteiger partial charge < -0.3 is 4.74 Å². The smallest absolute Gasteiger partial charge is 0.311 e. The first-order valence-corrected chi connectivity index (χ1v) is 5.63. The van der Waals surface area contributed by atoms with Crippen LogP contribution < -0.4 is 4.74 Å². The fourth-order valence-electron chi connectivity index (χ4n) is 1.54. The molecular formula is C13H10ClNO3. The third kappa shape index (κ3) is 2.60. The van der Waals surface area contributed by atoms with E-state index >= 15 is 0 Å². The van der Waals surface area contributed by atoms with E-state index in [4.69, 9.17) is 16.3 Å². The summed E-state index contributed by atoms with van der Waals surface area (Å²) in [5, 5.41) is 11.5. The van der Waals surface area contributed by atoms with E-state index in [0.717, 1.165) is 5.56 Å². The molecule has 0 bridgehead atoms. The van der Waals surface area contributed by atoms with E-state index in [1.54, 1.807) is 36.4 Å². The number of nitro benzene ring substituents is 1. The van der Waals surface area contributed by atoms with Crippen LogP contribution >= 0.6 is 11.6 Å². The molecule has 0 saturated heterocycles. The Bertz CT molecular complexity index is 599. The minimum Gasteiger partial charge on any atom is -0.450 e. The SMILES string of the molecule is Cc1cc(Cl)ccc1Oc1ccccc1[N+](=O)[O-]. The van der Waals surface area contributed by atoms with Gasteiger partial charge in [-0.3, -0.25) is 10.1 Å². The topological polar surface area (TPSA) is 52.4 Å². The van der Waals surface area contributed by atoms with Crippen molar-refractivity contribution in [2.45, 2.75) is 6.92 Å². The molecule has 0 radical (unpaired) electrons. The first-order chi connectivity index (χ1) is 8.58. The molecule has 18 heavy (non-hydrogen) atoms. The summed E-state index contributed by atoms with van der Waals surface area (Å²) in [5.41, 5.74) is 0.757. The summed E-state index contributed by atoms with van der Waals surface area (Å²) < 4.78 is 5.56. The lowest BCUT2D eigenvalue weighted by atomic mass is 10.2. The van der Waals surface area contributed by atoms with Gasteiger partial charge in [-0.2, -0.15) is 0 Å². The van der Waals surface area contributed by atoms with E-state index in [0.29, 0.717) is 10.8 Å². The molecule has 0 unspecified atom stereocenters. The van der Waals surface area contributed by atoms with Crippen molar-refractivity contribution in [3.8, 4) is 11.5 Å². The van der Waals surface area contributed by atoms with Gasteiger partial charge in [0.15, 0.2) is 0 Å². The second-order valence-electron chi connectivity index (χ2n) is 3.74. The molecule has 0 saturated carbocycles. The number of para-hydroxylation sites is 2. The lowest BCUT2D eigenvalue weighted by Crippen LogP contribution is -1.94. The predicted octanol–water partition coefficient (Wildman–Crippen LogP) is 4.35. The lowest BCUT2D eigenvalue weighted by molar-refractivity contribution is -0.385. The predicted molar refractivity (Wildman–Crippen MR) is 69.4 cm³/mol. The maximum atomic E-state index is 10.9. The first-order valence-electron chi connectivity index (χ1n) is 5.25. The van der Waals surface area contributed by atoms with Gasteiger partial charge in [0.1, 0.15) is 5.75 Å². The molecule has 0 N–H and O–H groups in total. The van der Waals surface area contributed by atoms with Crippen LogP contribution in [0.25, 0.3) is 0 Å². The second-order valence-corrected chi connectivity index (χ2v) is 4.17. The van der Waals surface area contributed by atoms with Gasteiger partial charge in [-0.15, -0.1) is 0 Å². The number of halogens is 1. The first kappa shape index (κ1) is 12.4. The van der Waals surface area contributed by atoms with Gasteiger partial charge in [-0.25, -0.2) is 0 Å². The Balaban J connectivity index is 2.37. The molecule has 0 aromatic heterocycles. The van der Waals surface area contributed by atoms with Gasteiger partial charge in [0.25, 0.3) is 0 Å². The minimum absolute atomic E-state index is 0.0631. The minimum atomic E-state index is -0.472. The Kier molecular flexibility index (Phi) is 3.48. The number of benzene rings is 2. The summed E-state index contributed by atoms with van der Waals surface area (Å²) in [4.78, 5) is 10.4. The van der Waals surface area contributed by atoms with Crippen molar-refractivity contribution in [2.24, 2.45) is 0 Å². The van der Waals surface area contributed by atoms with E-state index in [9.17, 15) is 10.1 Å². The summed E-state index contributed by atoms with van der Waals surface area (Å²) in [7, 11) is 0. The molecule has 0 heterocycles. The van der Waals surface area contributed by atoms with Gasteiger partial charge >= 0.3 is 5.69 Å². The molecule has 0 spiro atoms. The highest BCUT2D eigenvalue weighted by Crippen LogP contribution is 2.33. The maximum absolute atomic E-state index is 10.9. The third-order valence-corrected chi connectivity index (χ3v) is 2.65. The number of nitrogens with zero attached hydrogens (tertiary/aromatic N) is 1. The number of nitro groups is 1. The fraction of sp³-hybridized carbons (Fsp3) is 0.0769. The Morgan fingerprint density at radius 3 is 2.56 bits per heavy atom. The van der Waals surface area contributed by atoms with Crippen LogP contribution in [0.2, 0.25) is 5.02 Å². The van der Waals surface area contributed by atoms with Gasteiger partial charge in [-0.05, 0) is 36.8 Å².